The van der Waals surface area contributed by atoms with Gasteiger partial charge in [-0.15, -0.1) is 0 Å². The highest BCUT2D eigenvalue weighted by atomic mass is 32.1. The van der Waals surface area contributed by atoms with E-state index >= 15 is 0 Å². The number of unbranched alkanes of at least 4 members (excludes halogenated alkanes) is 1. The fraction of sp³-hybridized carbons (Fsp3) is 0.529. The van der Waals surface area contributed by atoms with Crippen molar-refractivity contribution in [2.24, 2.45) is 0 Å². The summed E-state index contributed by atoms with van der Waals surface area (Å²) < 4.78 is 4.96. The van der Waals surface area contributed by atoms with Gasteiger partial charge in [-0.25, -0.2) is 4.79 Å². The number of likely N-dealkylation sites (tertiary alicyclic amines) is 1. The van der Waals surface area contributed by atoms with Crippen molar-refractivity contribution in [3.63, 3.8) is 0 Å². The first-order valence-corrected chi connectivity index (χ1v) is 8.97. The number of carbonyl (C=O) groups excluding carboxylic acids is 1. The molecule has 0 radical (unpaired) electrons. The van der Waals surface area contributed by atoms with E-state index in [2.05, 4.69) is 0 Å². The summed E-state index contributed by atoms with van der Waals surface area (Å²) in [5, 5.41) is 22.5. The summed E-state index contributed by atoms with van der Waals surface area (Å²) in [4.78, 5) is 23.8. The number of carboxylic acid groups (broad SMARTS) is 1. The topological polar surface area (TPSA) is 87.1 Å². The molecule has 1 aliphatic heterocycles. The minimum Gasteiger partial charge on any atom is -0.480 e. The van der Waals surface area contributed by atoms with Crippen LogP contribution in [0, 0.1) is 0 Å². The van der Waals surface area contributed by atoms with Gasteiger partial charge in [0, 0.05) is 19.6 Å². The van der Waals surface area contributed by atoms with Crippen LogP contribution in [0.5, 0.6) is 0 Å². The van der Waals surface area contributed by atoms with Crippen LogP contribution in [0.25, 0.3) is 0 Å². The van der Waals surface area contributed by atoms with Crippen molar-refractivity contribution >= 4 is 23.2 Å². The van der Waals surface area contributed by atoms with Crippen LogP contribution in [0.4, 0.5) is 0 Å². The molecule has 1 aromatic heterocycles. The standard InChI is InChI=1S/C17H23NO5S/c19-15(9-13-5-8-24-12-13)4-3-14-10-16(20)18(14)6-1-2-7-23-11-17(21)22/h3-5,8,12,14-15,19H,1-2,6-7,9-11H2,(H,21,22)/t14-,15?/m0/s1. The molecule has 0 aromatic carbocycles. The molecule has 24 heavy (non-hydrogen) atoms. The average Bonchev–Trinajstić information content (AvgIpc) is 3.02. The van der Waals surface area contributed by atoms with Gasteiger partial charge in [-0.3, -0.25) is 4.79 Å². The van der Waals surface area contributed by atoms with Gasteiger partial charge in [0.25, 0.3) is 0 Å². The second-order valence-corrected chi connectivity index (χ2v) is 6.58. The largest absolute Gasteiger partial charge is 0.480 e. The molecule has 0 saturated carbocycles. The zero-order valence-electron chi connectivity index (χ0n) is 13.5. The number of ether oxygens (including phenoxy) is 1. The first-order chi connectivity index (χ1) is 11.6. The van der Waals surface area contributed by atoms with E-state index in [1.54, 1.807) is 22.3 Å². The number of aliphatic carboxylic acids is 1. The molecule has 2 rings (SSSR count). The molecule has 1 amide bonds. The summed E-state index contributed by atoms with van der Waals surface area (Å²) >= 11 is 1.61. The Kier molecular flexibility index (Phi) is 7.42. The molecule has 2 heterocycles. The molecule has 0 bridgehead atoms. The molecule has 7 heteroatoms. The van der Waals surface area contributed by atoms with Crippen LogP contribution in [-0.2, 0) is 20.7 Å². The number of nitrogens with zero attached hydrogens (tertiary/aromatic N) is 1. The van der Waals surface area contributed by atoms with E-state index < -0.39 is 12.1 Å². The first-order valence-electron chi connectivity index (χ1n) is 8.02. The van der Waals surface area contributed by atoms with E-state index in [1.165, 1.54) is 0 Å². The summed E-state index contributed by atoms with van der Waals surface area (Å²) in [7, 11) is 0. The third kappa shape index (κ3) is 6.07. The Morgan fingerprint density at radius 3 is 3.00 bits per heavy atom. The van der Waals surface area contributed by atoms with Crippen molar-refractivity contribution in [2.45, 2.75) is 37.8 Å². The van der Waals surface area contributed by atoms with E-state index in [0.717, 1.165) is 12.0 Å². The van der Waals surface area contributed by atoms with E-state index in [-0.39, 0.29) is 18.6 Å². The van der Waals surface area contributed by atoms with E-state index in [4.69, 9.17) is 9.84 Å². The fourth-order valence-electron chi connectivity index (χ4n) is 2.56. The molecule has 1 fully saturated rings. The molecule has 6 nitrogen and oxygen atoms in total. The molecule has 2 atom stereocenters. The second-order valence-electron chi connectivity index (χ2n) is 5.80. The third-order valence-corrected chi connectivity index (χ3v) is 4.58. The van der Waals surface area contributed by atoms with Gasteiger partial charge in [0.15, 0.2) is 0 Å². The van der Waals surface area contributed by atoms with Gasteiger partial charge < -0.3 is 19.8 Å². The number of aliphatic hydroxyl groups excluding tert-OH is 1. The molecule has 0 spiro atoms. The summed E-state index contributed by atoms with van der Waals surface area (Å²) in [6, 6.07) is 2.04. The molecule has 1 saturated heterocycles. The molecule has 2 N–H and O–H groups in total. The van der Waals surface area contributed by atoms with Gasteiger partial charge in [0.1, 0.15) is 6.61 Å². The van der Waals surface area contributed by atoms with Crippen LogP contribution in [0.3, 0.4) is 0 Å². The van der Waals surface area contributed by atoms with Crippen LogP contribution < -0.4 is 0 Å². The number of hydrogen-bond donors (Lipinski definition) is 2. The smallest absolute Gasteiger partial charge is 0.329 e. The van der Waals surface area contributed by atoms with Crippen molar-refractivity contribution < 1.29 is 24.5 Å². The lowest BCUT2D eigenvalue weighted by Crippen LogP contribution is -2.51. The molecule has 1 aromatic rings. The van der Waals surface area contributed by atoms with E-state index in [1.807, 2.05) is 22.9 Å². The minimum atomic E-state index is -0.973. The quantitative estimate of drug-likeness (QED) is 0.359. The Balaban J connectivity index is 1.65. The van der Waals surface area contributed by atoms with Crippen LogP contribution in [0.1, 0.15) is 24.8 Å². The zero-order chi connectivity index (χ0) is 17.4. The normalized spacial score (nSPS) is 18.8. The monoisotopic (exact) mass is 353 g/mol. The molecular formula is C17H23NO5S. The Labute approximate surface area is 145 Å². The van der Waals surface area contributed by atoms with Gasteiger partial charge in [0.2, 0.25) is 5.91 Å². The maximum Gasteiger partial charge on any atom is 0.329 e. The van der Waals surface area contributed by atoms with Gasteiger partial charge in [0.05, 0.1) is 18.6 Å². The maximum absolute atomic E-state index is 11.7. The predicted octanol–water partition coefficient (Wildman–Crippen LogP) is 1.69. The van der Waals surface area contributed by atoms with E-state index in [0.29, 0.717) is 32.4 Å². The Morgan fingerprint density at radius 2 is 2.33 bits per heavy atom. The summed E-state index contributed by atoms with van der Waals surface area (Å²) in [6.07, 6.45) is 5.68. The number of rotatable bonds is 11. The predicted molar refractivity (Wildman–Crippen MR) is 91.0 cm³/mol. The molecule has 0 aliphatic carbocycles. The molecular weight excluding hydrogens is 330 g/mol. The number of carboxylic acids is 1. The Morgan fingerprint density at radius 1 is 1.50 bits per heavy atom. The molecule has 1 unspecified atom stereocenters. The molecule has 1 aliphatic rings. The van der Waals surface area contributed by atoms with Gasteiger partial charge in [-0.2, -0.15) is 11.3 Å². The zero-order valence-corrected chi connectivity index (χ0v) is 14.3. The number of thiophene rings is 1. The number of hydrogen-bond acceptors (Lipinski definition) is 5. The van der Waals surface area contributed by atoms with Gasteiger partial charge >= 0.3 is 5.97 Å². The number of aliphatic hydroxyl groups is 1. The van der Waals surface area contributed by atoms with Crippen LogP contribution in [0.15, 0.2) is 29.0 Å². The number of β-lactam (4-membered cyclic amide) rings is 1. The lowest BCUT2D eigenvalue weighted by Gasteiger charge is -2.39. The maximum atomic E-state index is 11.7. The van der Waals surface area contributed by atoms with Crippen molar-refractivity contribution in [1.29, 1.82) is 0 Å². The highest BCUT2D eigenvalue weighted by Gasteiger charge is 2.33. The van der Waals surface area contributed by atoms with Crippen molar-refractivity contribution in [3.05, 3.63) is 34.5 Å². The van der Waals surface area contributed by atoms with Crippen molar-refractivity contribution in [2.75, 3.05) is 19.8 Å². The highest BCUT2D eigenvalue weighted by Crippen LogP contribution is 2.21. The van der Waals surface area contributed by atoms with Gasteiger partial charge in [-0.05, 0) is 35.2 Å². The average molecular weight is 353 g/mol. The highest BCUT2D eigenvalue weighted by molar-refractivity contribution is 7.07. The van der Waals surface area contributed by atoms with Crippen molar-refractivity contribution in [3.8, 4) is 0 Å². The summed E-state index contributed by atoms with van der Waals surface area (Å²) in [5.41, 5.74) is 1.11. The minimum absolute atomic E-state index is 0.0505. The van der Waals surface area contributed by atoms with Crippen LogP contribution in [0.2, 0.25) is 0 Å². The Hall–Kier alpha value is -1.70. The lowest BCUT2D eigenvalue weighted by atomic mass is 9.99. The van der Waals surface area contributed by atoms with Gasteiger partial charge in [-0.1, -0.05) is 12.2 Å². The van der Waals surface area contributed by atoms with Crippen LogP contribution >= 0.6 is 11.3 Å². The number of carbonyl (C=O) groups is 2. The third-order valence-electron chi connectivity index (χ3n) is 3.85. The Bertz CT molecular complexity index is 557. The fourth-order valence-corrected chi connectivity index (χ4v) is 3.24. The lowest BCUT2D eigenvalue weighted by molar-refractivity contribution is -0.143. The van der Waals surface area contributed by atoms with Crippen LogP contribution in [-0.4, -0.2) is 58.9 Å². The molecule has 132 valence electrons. The van der Waals surface area contributed by atoms with E-state index in [9.17, 15) is 14.7 Å². The summed E-state index contributed by atoms with van der Waals surface area (Å²) in [6.45, 7) is 0.731. The van der Waals surface area contributed by atoms with Crippen molar-refractivity contribution in [1.82, 2.24) is 4.90 Å². The summed E-state index contributed by atoms with van der Waals surface area (Å²) in [5.74, 6) is -0.859. The second kappa shape index (κ2) is 9.56. The SMILES string of the molecule is O=C(O)COCCCCN1C(=O)C[C@@H]1C=CC(O)Cc1ccsc1. The first kappa shape index (κ1) is 18.6. The number of amides is 1.